The largest absolute Gasteiger partial charge is 0.461 e. The smallest absolute Gasteiger partial charge is 0.306 e. The second kappa shape index (κ2) is 45.9. The van der Waals surface area contributed by atoms with E-state index in [9.17, 15) is 14.4 Å². The molecular weight excluding hydrogens is 757 g/mol. The van der Waals surface area contributed by atoms with Crippen molar-refractivity contribution in [2.45, 2.75) is 246 Å². The minimum atomic E-state index is -0.0885. The summed E-state index contributed by atoms with van der Waals surface area (Å²) < 4.78 is 11.1. The lowest BCUT2D eigenvalue weighted by atomic mass is 9.94. The lowest BCUT2D eigenvalue weighted by Gasteiger charge is -2.23. The minimum Gasteiger partial charge on any atom is -0.461 e. The van der Waals surface area contributed by atoms with Crippen LogP contribution in [0.2, 0.25) is 0 Å². The summed E-state index contributed by atoms with van der Waals surface area (Å²) in [6.45, 7) is 12.4. The summed E-state index contributed by atoms with van der Waals surface area (Å²) in [5.74, 6) is 1.31. The van der Waals surface area contributed by atoms with Crippen LogP contribution < -0.4 is 0 Å². The van der Waals surface area contributed by atoms with Crippen molar-refractivity contribution in [3.63, 3.8) is 0 Å². The molecule has 0 aromatic rings. The molecule has 0 spiro atoms. The van der Waals surface area contributed by atoms with E-state index >= 15 is 0 Å². The highest BCUT2D eigenvalue weighted by Crippen LogP contribution is 2.21. The number of carbonyl (C=O) groups excluding carboxylic acids is 3. The molecule has 0 radical (unpaired) electrons. The van der Waals surface area contributed by atoms with Gasteiger partial charge in [0.2, 0.25) is 5.91 Å². The van der Waals surface area contributed by atoms with Gasteiger partial charge in [-0.15, -0.1) is 0 Å². The summed E-state index contributed by atoms with van der Waals surface area (Å²) in [6.07, 6.45) is 47.1. The number of ether oxygens (including phenoxy) is 2. The number of hydrogen-bond acceptors (Lipinski definition) is 6. The maximum atomic E-state index is 13.2. The fourth-order valence-electron chi connectivity index (χ4n) is 8.20. The van der Waals surface area contributed by atoms with Crippen molar-refractivity contribution in [1.29, 1.82) is 0 Å². The Bertz CT molecular complexity index is 950. The Balaban J connectivity index is 4.40. The first-order valence-corrected chi connectivity index (χ1v) is 26.3. The van der Waals surface area contributed by atoms with Gasteiger partial charge in [-0.3, -0.25) is 14.4 Å². The van der Waals surface area contributed by atoms with E-state index in [0.717, 1.165) is 90.3 Å². The summed E-state index contributed by atoms with van der Waals surface area (Å²) in [5, 5.41) is 0. The van der Waals surface area contributed by atoms with Crippen molar-refractivity contribution in [3.05, 3.63) is 24.3 Å². The molecule has 0 unspecified atom stereocenters. The molecule has 0 aromatic carbocycles. The quantitative estimate of drug-likeness (QED) is 0.0345. The number of allylic oxidation sites excluding steroid dienone is 2. The van der Waals surface area contributed by atoms with Gasteiger partial charge in [-0.05, 0) is 90.3 Å². The normalized spacial score (nSPS) is 11.9. The highest BCUT2D eigenvalue weighted by atomic mass is 16.5. The molecule has 358 valence electrons. The SMILES string of the molecule is CCCCCCC(C=CCOC(=O)CCCCCCCN(CCCCCCCC(=O)OCC=CC(CCCCCC)CCCCCC)C(=O)CCCN(C)C)CCCCCC. The van der Waals surface area contributed by atoms with E-state index < -0.39 is 0 Å². The van der Waals surface area contributed by atoms with Crippen molar-refractivity contribution >= 4 is 17.8 Å². The van der Waals surface area contributed by atoms with Crippen LogP contribution in [0.4, 0.5) is 0 Å². The van der Waals surface area contributed by atoms with Crippen LogP contribution in [0, 0.1) is 11.8 Å². The molecule has 0 atom stereocenters. The Morgan fingerprint density at radius 3 is 1.11 bits per heavy atom. The van der Waals surface area contributed by atoms with Crippen LogP contribution in [0.1, 0.15) is 246 Å². The Labute approximate surface area is 379 Å². The van der Waals surface area contributed by atoms with Crippen molar-refractivity contribution in [1.82, 2.24) is 9.80 Å². The molecule has 0 fully saturated rings. The van der Waals surface area contributed by atoms with Crippen molar-refractivity contribution in [3.8, 4) is 0 Å². The van der Waals surface area contributed by atoms with Crippen molar-refractivity contribution in [2.75, 3.05) is 46.9 Å². The van der Waals surface area contributed by atoms with E-state index in [0.29, 0.717) is 44.3 Å². The van der Waals surface area contributed by atoms with Crippen LogP contribution in [-0.4, -0.2) is 74.6 Å². The Morgan fingerprint density at radius 1 is 0.410 bits per heavy atom. The number of esters is 2. The van der Waals surface area contributed by atoms with Gasteiger partial charge in [-0.1, -0.05) is 193 Å². The first-order valence-electron chi connectivity index (χ1n) is 26.3. The van der Waals surface area contributed by atoms with Crippen molar-refractivity contribution < 1.29 is 23.9 Å². The Hall–Kier alpha value is -2.15. The number of rotatable bonds is 46. The summed E-state index contributed by atoms with van der Waals surface area (Å²) in [4.78, 5) is 42.2. The molecule has 0 saturated heterocycles. The molecule has 0 aliphatic carbocycles. The van der Waals surface area contributed by atoms with Gasteiger partial charge in [0.25, 0.3) is 0 Å². The van der Waals surface area contributed by atoms with Gasteiger partial charge < -0.3 is 19.3 Å². The van der Waals surface area contributed by atoms with E-state index in [1.807, 2.05) is 0 Å². The molecule has 7 heteroatoms. The summed E-state index contributed by atoms with van der Waals surface area (Å²) >= 11 is 0. The van der Waals surface area contributed by atoms with E-state index in [2.05, 4.69) is 75.9 Å². The zero-order chi connectivity index (χ0) is 44.9. The zero-order valence-corrected chi connectivity index (χ0v) is 41.5. The summed E-state index contributed by atoms with van der Waals surface area (Å²) in [6, 6.07) is 0. The van der Waals surface area contributed by atoms with Crippen LogP contribution in [0.5, 0.6) is 0 Å². The molecule has 0 aliphatic heterocycles. The molecule has 61 heavy (non-hydrogen) atoms. The van der Waals surface area contributed by atoms with Gasteiger partial charge in [0.05, 0.1) is 0 Å². The average Bonchev–Trinajstić information content (AvgIpc) is 3.24. The minimum absolute atomic E-state index is 0.0885. The van der Waals surface area contributed by atoms with Gasteiger partial charge in [0.1, 0.15) is 13.2 Å². The standard InChI is InChI=1S/C54H102N2O5/c1-7-11-15-25-36-50(37-26-16-12-8-2)40-34-48-60-53(58)43-29-21-19-23-31-46-56(52(57)42-33-45-55(5)6)47-32-24-20-22-30-44-54(59)61-49-35-41-51(38-27-17-13-9-3)39-28-18-14-10-4/h34-35,40-41,50-51H,7-33,36-39,42-49H2,1-6H3. The fourth-order valence-corrected chi connectivity index (χ4v) is 8.20. The van der Waals surface area contributed by atoms with Gasteiger partial charge in [0, 0.05) is 32.4 Å². The first kappa shape index (κ1) is 58.9. The Kier molecular flexibility index (Phi) is 44.2. The van der Waals surface area contributed by atoms with E-state index in [1.54, 1.807) is 0 Å². The average molecular weight is 859 g/mol. The molecule has 0 bridgehead atoms. The highest BCUT2D eigenvalue weighted by Gasteiger charge is 2.14. The molecule has 1 amide bonds. The maximum Gasteiger partial charge on any atom is 0.306 e. The van der Waals surface area contributed by atoms with E-state index in [-0.39, 0.29) is 17.8 Å². The molecule has 0 rings (SSSR count). The van der Waals surface area contributed by atoms with Gasteiger partial charge in [-0.25, -0.2) is 0 Å². The number of hydrogen-bond donors (Lipinski definition) is 0. The van der Waals surface area contributed by atoms with Crippen LogP contribution >= 0.6 is 0 Å². The highest BCUT2D eigenvalue weighted by molar-refractivity contribution is 5.76. The lowest BCUT2D eigenvalue weighted by Crippen LogP contribution is -2.33. The van der Waals surface area contributed by atoms with Gasteiger partial charge in [-0.2, -0.15) is 0 Å². The second-order valence-electron chi connectivity index (χ2n) is 18.5. The van der Waals surface area contributed by atoms with Crippen molar-refractivity contribution in [2.24, 2.45) is 11.8 Å². The third-order valence-corrected chi connectivity index (χ3v) is 12.2. The molecule has 7 nitrogen and oxygen atoms in total. The second-order valence-corrected chi connectivity index (χ2v) is 18.5. The number of amides is 1. The van der Waals surface area contributed by atoms with E-state index in [1.165, 1.54) is 128 Å². The van der Waals surface area contributed by atoms with Crippen LogP contribution in [0.3, 0.4) is 0 Å². The monoisotopic (exact) mass is 859 g/mol. The van der Waals surface area contributed by atoms with Crippen LogP contribution in [-0.2, 0) is 23.9 Å². The molecule has 0 saturated carbocycles. The first-order chi connectivity index (χ1) is 29.8. The Morgan fingerprint density at radius 2 is 0.754 bits per heavy atom. The lowest BCUT2D eigenvalue weighted by molar-refractivity contribution is -0.143. The summed E-state index contributed by atoms with van der Waals surface area (Å²) in [7, 11) is 4.11. The number of nitrogens with zero attached hydrogens (tertiary/aromatic N) is 2. The predicted molar refractivity (Wildman–Crippen MR) is 262 cm³/mol. The number of unbranched alkanes of at least 4 members (excludes halogenated alkanes) is 20. The molecule has 0 N–H and O–H groups in total. The molecule has 0 aliphatic rings. The summed E-state index contributed by atoms with van der Waals surface area (Å²) in [5.41, 5.74) is 0. The predicted octanol–water partition coefficient (Wildman–Crippen LogP) is 15.2. The third-order valence-electron chi connectivity index (χ3n) is 12.2. The fraction of sp³-hybridized carbons (Fsp3) is 0.870. The zero-order valence-electron chi connectivity index (χ0n) is 41.5. The van der Waals surface area contributed by atoms with Gasteiger partial charge in [0.15, 0.2) is 0 Å². The van der Waals surface area contributed by atoms with Gasteiger partial charge >= 0.3 is 11.9 Å². The molecule has 0 aromatic heterocycles. The van der Waals surface area contributed by atoms with Crippen LogP contribution in [0.15, 0.2) is 24.3 Å². The molecular formula is C54H102N2O5. The number of carbonyl (C=O) groups is 3. The maximum absolute atomic E-state index is 13.2. The van der Waals surface area contributed by atoms with Crippen LogP contribution in [0.25, 0.3) is 0 Å². The third kappa shape index (κ3) is 41.6. The van der Waals surface area contributed by atoms with E-state index in [4.69, 9.17) is 9.47 Å². The molecule has 0 heterocycles. The topological polar surface area (TPSA) is 76.1 Å².